The lowest BCUT2D eigenvalue weighted by Gasteiger charge is -2.48. The summed E-state index contributed by atoms with van der Waals surface area (Å²) in [5.41, 5.74) is -0.930. The molecule has 5 nitrogen and oxygen atoms in total. The van der Waals surface area contributed by atoms with Crippen LogP contribution in [0.15, 0.2) is 71.4 Å². The zero-order valence-electron chi connectivity index (χ0n) is 23.4. The number of sulfone groups is 1. The monoisotopic (exact) mass is 532 g/mol. The Morgan fingerprint density at radius 3 is 2.28 bits per heavy atom. The maximum Gasteiger partial charge on any atom is 0.192 e. The van der Waals surface area contributed by atoms with Gasteiger partial charge in [-0.1, -0.05) is 78.0 Å². The van der Waals surface area contributed by atoms with E-state index in [1.807, 2.05) is 18.2 Å². The first-order valence-electron chi connectivity index (χ1n) is 12.7. The Morgan fingerprint density at radius 2 is 1.69 bits per heavy atom. The number of hydrogen-bond acceptors (Lipinski definition) is 5. The lowest BCUT2D eigenvalue weighted by atomic mass is 9.66. The van der Waals surface area contributed by atoms with Crippen molar-refractivity contribution in [2.75, 3.05) is 13.9 Å². The first kappa shape index (κ1) is 28.9. The molecule has 0 radical (unpaired) electrons. The first-order chi connectivity index (χ1) is 16.5. The van der Waals surface area contributed by atoms with Crippen LogP contribution in [0.2, 0.25) is 18.1 Å². The number of fused-ring (bicyclic) bond motifs is 1. The van der Waals surface area contributed by atoms with Gasteiger partial charge in [0.25, 0.3) is 0 Å². The van der Waals surface area contributed by atoms with Gasteiger partial charge in [-0.25, -0.2) is 8.42 Å². The van der Waals surface area contributed by atoms with Crippen LogP contribution in [0.1, 0.15) is 48.0 Å². The molecule has 0 N–H and O–H groups in total. The van der Waals surface area contributed by atoms with Crippen molar-refractivity contribution >= 4 is 18.2 Å². The highest BCUT2D eigenvalue weighted by molar-refractivity contribution is 7.92. The zero-order chi connectivity index (χ0) is 27.0. The number of hydrogen-bond donors (Lipinski definition) is 0. The molecule has 2 aliphatic carbocycles. The van der Waals surface area contributed by atoms with Gasteiger partial charge in [0.05, 0.1) is 16.2 Å². The van der Waals surface area contributed by atoms with Gasteiger partial charge in [0.2, 0.25) is 0 Å². The molecule has 7 heteroatoms. The molecule has 0 saturated carbocycles. The summed E-state index contributed by atoms with van der Waals surface area (Å²) in [6, 6.07) is 8.81. The van der Waals surface area contributed by atoms with E-state index >= 15 is 0 Å². The molecule has 1 aromatic rings. The van der Waals surface area contributed by atoms with Gasteiger partial charge in [-0.3, -0.25) is 0 Å². The van der Waals surface area contributed by atoms with Crippen LogP contribution in [-0.2, 0) is 23.7 Å². The van der Waals surface area contributed by atoms with Crippen LogP contribution in [0, 0.1) is 16.7 Å². The predicted molar refractivity (Wildman–Crippen MR) is 149 cm³/mol. The van der Waals surface area contributed by atoms with Crippen molar-refractivity contribution in [1.29, 1.82) is 0 Å². The molecule has 0 aliphatic heterocycles. The molecule has 3 rings (SSSR count). The van der Waals surface area contributed by atoms with Crippen molar-refractivity contribution in [3.8, 4) is 0 Å². The second-order valence-electron chi connectivity index (χ2n) is 12.6. The Labute approximate surface area is 219 Å². The van der Waals surface area contributed by atoms with E-state index in [0.29, 0.717) is 17.1 Å². The Morgan fingerprint density at radius 1 is 1.06 bits per heavy atom. The van der Waals surface area contributed by atoms with Crippen LogP contribution in [0.4, 0.5) is 0 Å². The second-order valence-corrected chi connectivity index (χ2v) is 19.5. The van der Waals surface area contributed by atoms with Crippen LogP contribution in [0.25, 0.3) is 0 Å². The van der Waals surface area contributed by atoms with Crippen LogP contribution < -0.4 is 0 Å². The van der Waals surface area contributed by atoms with Gasteiger partial charge in [0.15, 0.2) is 24.9 Å². The van der Waals surface area contributed by atoms with E-state index in [1.165, 1.54) is 0 Å². The third-order valence-electron chi connectivity index (χ3n) is 8.24. The molecule has 0 unspecified atom stereocenters. The summed E-state index contributed by atoms with van der Waals surface area (Å²) in [5, 5.41) is -0.621. The molecular weight excluding hydrogens is 488 g/mol. The van der Waals surface area contributed by atoms with Crippen LogP contribution in [0.3, 0.4) is 0 Å². The average molecular weight is 533 g/mol. The highest BCUT2D eigenvalue weighted by atomic mass is 32.2. The number of allylic oxidation sites excluding steroid dienone is 4. The molecule has 0 aromatic heterocycles. The molecule has 1 aromatic carbocycles. The highest BCUT2D eigenvalue weighted by Crippen LogP contribution is 2.50. The summed E-state index contributed by atoms with van der Waals surface area (Å²) < 4.78 is 46.3. The summed E-state index contributed by atoms with van der Waals surface area (Å²) in [5.74, 6) is 0.317. The number of benzene rings is 1. The van der Waals surface area contributed by atoms with Gasteiger partial charge in [0, 0.05) is 18.4 Å². The minimum absolute atomic E-state index is 0.0440. The largest absolute Gasteiger partial charge is 0.468 e. The van der Waals surface area contributed by atoms with Crippen molar-refractivity contribution < 1.29 is 22.3 Å². The Balaban J connectivity index is 2.16. The SMILES string of the molecule is COCOC1=C[C@@H]2[C@H](S(=O)(=O)c3ccccc3)CC(C)(C)[C@@H](O[Si](C)(C)C(C)(C)C)/C=C\[C@]2(C)C=C1. The number of rotatable bonds is 7. The van der Waals surface area contributed by atoms with E-state index in [2.05, 4.69) is 72.9 Å². The standard InChI is InChI=1S/C29H44O5SSi/c1-27(2,3)36(8,9)34-26-16-18-29(6)17-15-22(33-21-32-7)19-24(29)25(20-28(26,4)5)35(30,31)23-13-11-10-12-14-23/h10-19,24-26H,20-21H2,1-9H3/b18-16-/t24-,25-,26+,29+/m1/s1. The van der Waals surface area contributed by atoms with Gasteiger partial charge in [-0.15, -0.1) is 0 Å². The Hall–Kier alpha value is -1.67. The quantitative estimate of drug-likeness (QED) is 0.217. The second kappa shape index (κ2) is 10.2. The third kappa shape index (κ3) is 5.90. The van der Waals surface area contributed by atoms with Crippen molar-refractivity contribution in [2.45, 2.75) is 82.3 Å². The normalized spacial score (nSPS) is 29.5. The third-order valence-corrected chi connectivity index (χ3v) is 14.9. The van der Waals surface area contributed by atoms with E-state index in [4.69, 9.17) is 13.9 Å². The van der Waals surface area contributed by atoms with E-state index in [1.54, 1.807) is 31.4 Å². The fraction of sp³-hybridized carbons (Fsp3) is 0.586. The van der Waals surface area contributed by atoms with Crippen molar-refractivity contribution in [3.63, 3.8) is 0 Å². The topological polar surface area (TPSA) is 61.8 Å². The van der Waals surface area contributed by atoms with Gasteiger partial charge in [-0.05, 0) is 54.3 Å². The lowest BCUT2D eigenvalue weighted by Crippen LogP contribution is -2.51. The van der Waals surface area contributed by atoms with E-state index in [0.717, 1.165) is 0 Å². The van der Waals surface area contributed by atoms with E-state index in [9.17, 15) is 8.42 Å². The minimum Gasteiger partial charge on any atom is -0.468 e. The van der Waals surface area contributed by atoms with Crippen molar-refractivity contribution in [3.05, 3.63) is 66.5 Å². The maximum atomic E-state index is 14.2. The van der Waals surface area contributed by atoms with Crippen molar-refractivity contribution in [2.24, 2.45) is 16.7 Å². The molecular formula is C29H44O5SSi. The maximum absolute atomic E-state index is 14.2. The van der Waals surface area contributed by atoms with Gasteiger partial charge in [-0.2, -0.15) is 0 Å². The van der Waals surface area contributed by atoms with Crippen LogP contribution >= 0.6 is 0 Å². The molecule has 0 bridgehead atoms. The number of methoxy groups -OCH3 is 1. The number of ether oxygens (including phenoxy) is 2. The summed E-state index contributed by atoms with van der Waals surface area (Å²) in [7, 11) is -4.20. The van der Waals surface area contributed by atoms with E-state index < -0.39 is 34.2 Å². The molecule has 200 valence electrons. The predicted octanol–water partition coefficient (Wildman–Crippen LogP) is 6.90. The first-order valence-corrected chi connectivity index (χ1v) is 17.2. The zero-order valence-corrected chi connectivity index (χ0v) is 25.2. The Kier molecular flexibility index (Phi) is 8.22. The Bertz CT molecular complexity index is 1110. The molecule has 0 fully saturated rings. The molecule has 4 atom stereocenters. The van der Waals surface area contributed by atoms with E-state index in [-0.39, 0.29) is 23.9 Å². The molecule has 36 heavy (non-hydrogen) atoms. The molecule has 0 heterocycles. The molecule has 0 saturated heterocycles. The lowest BCUT2D eigenvalue weighted by molar-refractivity contribution is 0.00788. The molecule has 0 spiro atoms. The summed E-state index contributed by atoms with van der Waals surface area (Å²) in [4.78, 5) is 0.349. The highest BCUT2D eigenvalue weighted by Gasteiger charge is 2.50. The summed E-state index contributed by atoms with van der Waals surface area (Å²) in [6.07, 6.45) is 10.5. The smallest absolute Gasteiger partial charge is 0.192 e. The molecule has 2 aliphatic rings. The fourth-order valence-electron chi connectivity index (χ4n) is 4.78. The van der Waals surface area contributed by atoms with Gasteiger partial charge < -0.3 is 13.9 Å². The van der Waals surface area contributed by atoms with Crippen molar-refractivity contribution in [1.82, 2.24) is 0 Å². The van der Waals surface area contributed by atoms with Crippen LogP contribution in [-0.4, -0.2) is 42.0 Å². The van der Waals surface area contributed by atoms with Gasteiger partial charge >= 0.3 is 0 Å². The minimum atomic E-state index is -3.66. The van der Waals surface area contributed by atoms with Gasteiger partial charge in [0.1, 0.15) is 5.76 Å². The fourth-order valence-corrected chi connectivity index (χ4v) is 8.46. The van der Waals surface area contributed by atoms with Crippen LogP contribution in [0.5, 0.6) is 0 Å². The summed E-state index contributed by atoms with van der Waals surface area (Å²) in [6.45, 7) is 17.7. The molecule has 0 amide bonds. The average Bonchev–Trinajstić information content (AvgIpc) is 2.79. The summed E-state index contributed by atoms with van der Waals surface area (Å²) >= 11 is 0.